The monoisotopic (exact) mass is 593 g/mol. The summed E-state index contributed by atoms with van der Waals surface area (Å²) in [5.74, 6) is 1.23. The molecule has 1 aliphatic rings. The molecule has 1 fully saturated rings. The molecule has 4 rings (SSSR count). The van der Waals surface area contributed by atoms with Crippen molar-refractivity contribution in [3.05, 3.63) is 89.0 Å². The molecular weight excluding hydrogens is 550 g/mol. The molecule has 0 amide bonds. The third kappa shape index (κ3) is 9.96. The van der Waals surface area contributed by atoms with Gasteiger partial charge in [-0.05, 0) is 54.4 Å². The number of rotatable bonds is 18. The molecule has 9 nitrogen and oxygen atoms in total. The third-order valence-electron chi connectivity index (χ3n) is 7.38. The molecule has 0 aliphatic carbocycles. The van der Waals surface area contributed by atoms with Crippen molar-refractivity contribution >= 4 is 5.97 Å². The SMILES string of the molecule is COCCCOc1cc(COC2CNCCC2c2ccc(OCCCOCc3ccccc3OC)cc2)ccc1C(=O)O. The van der Waals surface area contributed by atoms with Crippen molar-refractivity contribution in [2.75, 3.05) is 53.7 Å². The van der Waals surface area contributed by atoms with Crippen LogP contribution in [0.15, 0.2) is 66.7 Å². The highest BCUT2D eigenvalue weighted by molar-refractivity contribution is 5.91. The molecule has 1 saturated heterocycles. The molecule has 2 N–H and O–H groups in total. The highest BCUT2D eigenvalue weighted by atomic mass is 16.5. The molecule has 0 bridgehead atoms. The van der Waals surface area contributed by atoms with Crippen LogP contribution >= 0.6 is 0 Å². The van der Waals surface area contributed by atoms with Crippen molar-refractivity contribution in [2.45, 2.75) is 44.5 Å². The van der Waals surface area contributed by atoms with Gasteiger partial charge in [0.05, 0.1) is 46.2 Å². The minimum Gasteiger partial charge on any atom is -0.496 e. The minimum absolute atomic E-state index is 0.0221. The first-order valence-corrected chi connectivity index (χ1v) is 14.8. The van der Waals surface area contributed by atoms with Crippen LogP contribution in [0.25, 0.3) is 0 Å². The number of nitrogens with one attached hydrogen (secondary N) is 1. The number of carboxylic acid groups (broad SMARTS) is 1. The summed E-state index contributed by atoms with van der Waals surface area (Å²) < 4.78 is 34.3. The fourth-order valence-electron chi connectivity index (χ4n) is 5.09. The van der Waals surface area contributed by atoms with Crippen LogP contribution in [0.4, 0.5) is 0 Å². The van der Waals surface area contributed by atoms with Crippen molar-refractivity contribution in [3.63, 3.8) is 0 Å². The van der Waals surface area contributed by atoms with Gasteiger partial charge in [0.1, 0.15) is 22.8 Å². The topological polar surface area (TPSA) is 105 Å². The Hall–Kier alpha value is -3.63. The number of benzene rings is 3. The zero-order valence-corrected chi connectivity index (χ0v) is 25.1. The highest BCUT2D eigenvalue weighted by Gasteiger charge is 2.27. The van der Waals surface area contributed by atoms with Crippen LogP contribution in [0, 0.1) is 0 Å². The van der Waals surface area contributed by atoms with E-state index in [4.69, 9.17) is 28.4 Å². The van der Waals surface area contributed by atoms with Crippen molar-refractivity contribution in [3.8, 4) is 17.2 Å². The molecule has 3 aromatic carbocycles. The predicted molar refractivity (Wildman–Crippen MR) is 163 cm³/mol. The number of piperidine rings is 1. The molecule has 3 aromatic rings. The molecule has 1 aliphatic heterocycles. The number of aromatic carboxylic acids is 1. The van der Waals surface area contributed by atoms with Crippen LogP contribution in [-0.2, 0) is 27.4 Å². The average Bonchev–Trinajstić information content (AvgIpc) is 3.04. The van der Waals surface area contributed by atoms with Crippen molar-refractivity contribution in [1.29, 1.82) is 0 Å². The predicted octanol–water partition coefficient (Wildman–Crippen LogP) is 5.46. The van der Waals surface area contributed by atoms with E-state index in [9.17, 15) is 9.90 Å². The van der Waals surface area contributed by atoms with Gasteiger partial charge < -0.3 is 38.8 Å². The van der Waals surface area contributed by atoms with Gasteiger partial charge in [-0.3, -0.25) is 0 Å². The van der Waals surface area contributed by atoms with E-state index in [0.29, 0.717) is 51.8 Å². The molecule has 0 aromatic heterocycles. The number of carboxylic acids is 1. The smallest absolute Gasteiger partial charge is 0.339 e. The first-order valence-electron chi connectivity index (χ1n) is 14.8. The fourth-order valence-corrected chi connectivity index (χ4v) is 5.09. The van der Waals surface area contributed by atoms with E-state index >= 15 is 0 Å². The summed E-state index contributed by atoms with van der Waals surface area (Å²) >= 11 is 0. The summed E-state index contributed by atoms with van der Waals surface area (Å²) in [6.45, 7) is 4.63. The van der Waals surface area contributed by atoms with E-state index in [-0.39, 0.29) is 17.6 Å². The molecule has 0 spiro atoms. The lowest BCUT2D eigenvalue weighted by Gasteiger charge is -2.32. The van der Waals surface area contributed by atoms with Crippen molar-refractivity contribution in [1.82, 2.24) is 5.32 Å². The Labute approximate surface area is 254 Å². The van der Waals surface area contributed by atoms with E-state index in [1.165, 1.54) is 5.56 Å². The lowest BCUT2D eigenvalue weighted by atomic mass is 9.87. The van der Waals surface area contributed by atoms with Gasteiger partial charge >= 0.3 is 5.97 Å². The van der Waals surface area contributed by atoms with Gasteiger partial charge in [-0.15, -0.1) is 0 Å². The lowest BCUT2D eigenvalue weighted by Crippen LogP contribution is -2.40. The Bertz CT molecular complexity index is 1270. The summed E-state index contributed by atoms with van der Waals surface area (Å²) in [5, 5.41) is 13.0. The van der Waals surface area contributed by atoms with Crippen LogP contribution in [-0.4, -0.2) is 70.9 Å². The zero-order valence-electron chi connectivity index (χ0n) is 25.1. The van der Waals surface area contributed by atoms with Crippen LogP contribution in [0.2, 0.25) is 0 Å². The second-order valence-corrected chi connectivity index (χ2v) is 10.4. The number of ether oxygens (including phenoxy) is 6. The van der Waals surface area contributed by atoms with Gasteiger partial charge in [-0.25, -0.2) is 4.79 Å². The molecule has 232 valence electrons. The molecule has 1 heterocycles. The Kier molecular flexibility index (Phi) is 13.1. The average molecular weight is 594 g/mol. The summed E-state index contributed by atoms with van der Waals surface area (Å²) in [6.07, 6.45) is 2.40. The van der Waals surface area contributed by atoms with E-state index in [1.807, 2.05) is 36.4 Å². The number of carbonyl (C=O) groups is 1. The molecule has 0 radical (unpaired) electrons. The van der Waals surface area contributed by atoms with E-state index in [0.717, 1.165) is 48.6 Å². The molecule has 2 atom stereocenters. The molecule has 9 heteroatoms. The summed E-state index contributed by atoms with van der Waals surface area (Å²) in [4.78, 5) is 11.7. The van der Waals surface area contributed by atoms with Gasteiger partial charge in [0.25, 0.3) is 0 Å². The normalized spacial score (nSPS) is 16.5. The van der Waals surface area contributed by atoms with Gasteiger partial charge in [0, 0.05) is 44.6 Å². The lowest BCUT2D eigenvalue weighted by molar-refractivity contribution is 0.0105. The van der Waals surface area contributed by atoms with Crippen molar-refractivity contribution < 1.29 is 38.3 Å². The van der Waals surface area contributed by atoms with Crippen LogP contribution in [0.3, 0.4) is 0 Å². The maximum atomic E-state index is 11.7. The maximum Gasteiger partial charge on any atom is 0.339 e. The van der Waals surface area contributed by atoms with Crippen molar-refractivity contribution in [2.24, 2.45) is 0 Å². The second-order valence-electron chi connectivity index (χ2n) is 10.4. The van der Waals surface area contributed by atoms with Gasteiger partial charge in [-0.2, -0.15) is 0 Å². The van der Waals surface area contributed by atoms with Gasteiger partial charge in [0.15, 0.2) is 0 Å². The molecule has 43 heavy (non-hydrogen) atoms. The van der Waals surface area contributed by atoms with E-state index in [2.05, 4.69) is 17.4 Å². The number of methoxy groups -OCH3 is 2. The first-order chi connectivity index (χ1) is 21.1. The molecule has 0 saturated carbocycles. The Morgan fingerprint density at radius 3 is 2.47 bits per heavy atom. The van der Waals surface area contributed by atoms with Crippen LogP contribution in [0.5, 0.6) is 17.2 Å². The van der Waals surface area contributed by atoms with Gasteiger partial charge in [-0.1, -0.05) is 36.4 Å². The quantitative estimate of drug-likeness (QED) is 0.186. The summed E-state index contributed by atoms with van der Waals surface area (Å²) in [7, 11) is 3.29. The van der Waals surface area contributed by atoms with Crippen LogP contribution < -0.4 is 19.5 Å². The highest BCUT2D eigenvalue weighted by Crippen LogP contribution is 2.30. The maximum absolute atomic E-state index is 11.7. The fraction of sp³-hybridized carbons (Fsp3) is 0.441. The number of hydrogen-bond donors (Lipinski definition) is 2. The Balaban J connectivity index is 1.25. The van der Waals surface area contributed by atoms with Crippen LogP contribution in [0.1, 0.15) is 52.2 Å². The van der Waals surface area contributed by atoms with E-state index < -0.39 is 5.97 Å². The number of para-hydroxylation sites is 1. The molecule has 2 unspecified atom stereocenters. The molecular formula is C34H43NO8. The Morgan fingerprint density at radius 2 is 1.67 bits per heavy atom. The third-order valence-corrected chi connectivity index (χ3v) is 7.38. The van der Waals surface area contributed by atoms with E-state index in [1.54, 1.807) is 32.4 Å². The first kappa shape index (κ1) is 32.3. The Morgan fingerprint density at radius 1 is 0.884 bits per heavy atom. The van der Waals surface area contributed by atoms with Gasteiger partial charge in [0.2, 0.25) is 0 Å². The second kappa shape index (κ2) is 17.5. The summed E-state index contributed by atoms with van der Waals surface area (Å²) in [6, 6.07) is 21.3. The largest absolute Gasteiger partial charge is 0.496 e. The standard InChI is InChI=1S/C34H43NO8/c1-38-17-5-20-42-32-21-25(9-14-30(32)34(36)37)23-43-33-22-35-16-15-29(33)26-10-12-28(13-11-26)41-19-6-18-40-24-27-7-3-4-8-31(27)39-2/h3-4,7-14,21,29,33,35H,5-6,15-20,22-24H2,1-2H3,(H,36,37). The summed E-state index contributed by atoms with van der Waals surface area (Å²) in [5.41, 5.74) is 3.25. The number of hydrogen-bond acceptors (Lipinski definition) is 8. The zero-order chi connectivity index (χ0) is 30.3. The minimum atomic E-state index is -1.02.